The summed E-state index contributed by atoms with van der Waals surface area (Å²) >= 11 is 0. The molecule has 0 spiro atoms. The van der Waals surface area contributed by atoms with Crippen LogP contribution in [-0.4, -0.2) is 9.97 Å². The van der Waals surface area contributed by atoms with Crippen molar-refractivity contribution in [1.82, 2.24) is 9.97 Å². The Labute approximate surface area is 159 Å². The third-order valence-corrected chi connectivity index (χ3v) is 6.02. The van der Waals surface area contributed by atoms with E-state index >= 15 is 0 Å². The van der Waals surface area contributed by atoms with Crippen LogP contribution in [0.4, 0.5) is 0 Å². The van der Waals surface area contributed by atoms with Gasteiger partial charge in [-0.3, -0.25) is 0 Å². The molecule has 0 saturated heterocycles. The lowest BCUT2D eigenvalue weighted by atomic mass is 9.92. The molecule has 0 bridgehead atoms. The lowest BCUT2D eigenvalue weighted by molar-refractivity contribution is 0.586. The Morgan fingerprint density at radius 1 is 0.643 bits per heavy atom. The molecule has 0 radical (unpaired) electrons. The topological polar surface area (TPSA) is 38.9 Å². The van der Waals surface area contributed by atoms with E-state index in [1.54, 1.807) is 6.33 Å². The zero-order valence-corrected chi connectivity index (χ0v) is 15.2. The smallest absolute Gasteiger partial charge is 0.143 e. The maximum absolute atomic E-state index is 6.36. The van der Waals surface area contributed by atoms with E-state index in [0.29, 0.717) is 0 Å². The summed E-state index contributed by atoms with van der Waals surface area (Å²) in [6.45, 7) is 2.06. The molecular weight excluding hydrogens is 344 g/mol. The van der Waals surface area contributed by atoms with E-state index in [4.69, 9.17) is 9.40 Å². The fourth-order valence-electron chi connectivity index (χ4n) is 4.86. The van der Waals surface area contributed by atoms with Crippen LogP contribution < -0.4 is 0 Å². The molecule has 7 aromatic rings. The summed E-state index contributed by atoms with van der Waals surface area (Å²) in [7, 11) is 0. The van der Waals surface area contributed by atoms with Gasteiger partial charge in [-0.05, 0) is 35.2 Å². The van der Waals surface area contributed by atoms with Gasteiger partial charge in [-0.2, -0.15) is 0 Å². The highest BCUT2D eigenvalue weighted by Gasteiger charge is 2.22. The van der Waals surface area contributed by atoms with Gasteiger partial charge in [-0.15, -0.1) is 0 Å². The molecule has 2 aromatic heterocycles. The highest BCUT2D eigenvalue weighted by Crippen LogP contribution is 2.46. The van der Waals surface area contributed by atoms with Crippen molar-refractivity contribution < 1.29 is 4.42 Å². The first-order valence-corrected chi connectivity index (χ1v) is 9.43. The average Bonchev–Trinajstić information content (AvgIpc) is 3.10. The molecule has 0 fully saturated rings. The van der Waals surface area contributed by atoms with Crippen LogP contribution in [0.25, 0.3) is 65.1 Å². The minimum Gasteiger partial charge on any atom is -0.460 e. The fourth-order valence-corrected chi connectivity index (χ4v) is 4.86. The van der Waals surface area contributed by atoms with Crippen LogP contribution >= 0.6 is 0 Å². The largest absolute Gasteiger partial charge is 0.460 e. The molecule has 130 valence electrons. The predicted molar refractivity (Wildman–Crippen MR) is 115 cm³/mol. The van der Waals surface area contributed by atoms with E-state index in [9.17, 15) is 0 Å². The van der Waals surface area contributed by atoms with Crippen LogP contribution in [0, 0.1) is 6.92 Å². The molecule has 28 heavy (non-hydrogen) atoms. The number of benzene rings is 5. The SMILES string of the molecule is Cc1oc2c3ccccc3c3ncnc4c5cc6ccccc6cc5c1c2c34. The molecule has 0 amide bonds. The number of hydrogen-bond donors (Lipinski definition) is 0. The summed E-state index contributed by atoms with van der Waals surface area (Å²) in [6, 6.07) is 21.4. The number of nitrogens with zero attached hydrogens (tertiary/aromatic N) is 2. The number of hydrogen-bond acceptors (Lipinski definition) is 3. The Balaban J connectivity index is 1.93. The van der Waals surface area contributed by atoms with Crippen LogP contribution in [0.5, 0.6) is 0 Å². The van der Waals surface area contributed by atoms with Crippen molar-refractivity contribution in [2.75, 3.05) is 0 Å². The van der Waals surface area contributed by atoms with Crippen molar-refractivity contribution in [2.45, 2.75) is 6.92 Å². The standard InChI is InChI=1S/C25H14N2O/c1-13-20-18-10-14-6-2-3-7-15(14)11-19(18)24-22-21(20)25(28-13)17-9-5-4-8-16(17)23(22)26-12-27-24/h2-12H,1H3. The molecule has 3 heteroatoms. The molecule has 0 atom stereocenters. The van der Waals surface area contributed by atoms with Gasteiger partial charge in [0.1, 0.15) is 17.7 Å². The first kappa shape index (κ1) is 14.4. The van der Waals surface area contributed by atoms with Gasteiger partial charge < -0.3 is 4.42 Å². The fraction of sp³-hybridized carbons (Fsp3) is 0.0400. The molecule has 7 rings (SSSR count). The Hall–Kier alpha value is -3.72. The van der Waals surface area contributed by atoms with Crippen molar-refractivity contribution in [1.29, 1.82) is 0 Å². The van der Waals surface area contributed by atoms with Crippen molar-refractivity contribution >= 4 is 65.1 Å². The van der Waals surface area contributed by atoms with Crippen molar-refractivity contribution in [3.63, 3.8) is 0 Å². The molecule has 0 unspecified atom stereocenters. The molecule has 5 aromatic carbocycles. The van der Waals surface area contributed by atoms with E-state index < -0.39 is 0 Å². The number of furan rings is 1. The highest BCUT2D eigenvalue weighted by atomic mass is 16.3. The quantitative estimate of drug-likeness (QED) is 0.223. The first-order valence-electron chi connectivity index (χ1n) is 9.43. The molecule has 3 nitrogen and oxygen atoms in total. The second-order valence-electron chi connectivity index (χ2n) is 7.47. The zero-order valence-electron chi connectivity index (χ0n) is 15.2. The Morgan fingerprint density at radius 3 is 2.07 bits per heavy atom. The predicted octanol–water partition coefficient (Wildman–Crippen LogP) is 6.74. The normalized spacial score (nSPS) is 12.5. The van der Waals surface area contributed by atoms with E-state index in [2.05, 4.69) is 72.6 Å². The van der Waals surface area contributed by atoms with Gasteiger partial charge in [0, 0.05) is 32.3 Å². The van der Waals surface area contributed by atoms with E-state index in [0.717, 1.165) is 49.3 Å². The minimum atomic E-state index is 0.936. The molecular formula is C25H14N2O. The number of rotatable bonds is 0. The number of fused-ring (bicyclic) bond motifs is 7. The maximum atomic E-state index is 6.36. The summed E-state index contributed by atoms with van der Waals surface area (Å²) in [4.78, 5) is 9.42. The van der Waals surface area contributed by atoms with Crippen LogP contribution in [-0.2, 0) is 0 Å². The molecule has 0 saturated carbocycles. The van der Waals surface area contributed by atoms with E-state index in [1.807, 2.05) is 0 Å². The molecule has 0 N–H and O–H groups in total. The van der Waals surface area contributed by atoms with Gasteiger partial charge in [0.25, 0.3) is 0 Å². The van der Waals surface area contributed by atoms with Crippen LogP contribution in [0.1, 0.15) is 5.76 Å². The summed E-state index contributed by atoms with van der Waals surface area (Å²) in [5.41, 5.74) is 2.93. The monoisotopic (exact) mass is 358 g/mol. The molecule has 0 aliphatic rings. The second-order valence-corrected chi connectivity index (χ2v) is 7.47. The number of aryl methyl sites for hydroxylation is 1. The Morgan fingerprint density at radius 2 is 1.29 bits per heavy atom. The van der Waals surface area contributed by atoms with Gasteiger partial charge in [-0.1, -0.05) is 48.5 Å². The van der Waals surface area contributed by atoms with Gasteiger partial charge in [0.2, 0.25) is 0 Å². The summed E-state index contributed by atoms with van der Waals surface area (Å²) in [5.74, 6) is 0.943. The summed E-state index contributed by atoms with van der Waals surface area (Å²) in [6.07, 6.45) is 1.69. The Bertz CT molecular complexity index is 1730. The van der Waals surface area contributed by atoms with Gasteiger partial charge in [0.05, 0.1) is 11.0 Å². The van der Waals surface area contributed by atoms with Gasteiger partial charge in [-0.25, -0.2) is 9.97 Å². The van der Waals surface area contributed by atoms with Crippen LogP contribution in [0.3, 0.4) is 0 Å². The van der Waals surface area contributed by atoms with Crippen LogP contribution in [0.2, 0.25) is 0 Å². The molecule has 0 aliphatic heterocycles. The summed E-state index contributed by atoms with van der Waals surface area (Å²) in [5, 5.41) is 10.4. The minimum absolute atomic E-state index is 0.936. The third-order valence-electron chi connectivity index (χ3n) is 6.02. The van der Waals surface area contributed by atoms with Gasteiger partial charge in [0.15, 0.2) is 0 Å². The maximum Gasteiger partial charge on any atom is 0.143 e. The second kappa shape index (κ2) is 4.76. The van der Waals surface area contributed by atoms with E-state index in [-0.39, 0.29) is 0 Å². The lowest BCUT2D eigenvalue weighted by Crippen LogP contribution is -1.91. The van der Waals surface area contributed by atoms with Gasteiger partial charge >= 0.3 is 0 Å². The number of aromatic nitrogens is 2. The highest BCUT2D eigenvalue weighted by molar-refractivity contribution is 6.38. The lowest BCUT2D eigenvalue weighted by Gasteiger charge is -2.12. The molecule has 2 heterocycles. The van der Waals surface area contributed by atoms with E-state index in [1.165, 1.54) is 21.5 Å². The zero-order chi connectivity index (χ0) is 18.4. The molecule has 0 aliphatic carbocycles. The summed E-state index contributed by atoms with van der Waals surface area (Å²) < 4.78 is 6.36. The van der Waals surface area contributed by atoms with Crippen molar-refractivity contribution in [3.05, 3.63) is 72.8 Å². The van der Waals surface area contributed by atoms with Crippen molar-refractivity contribution in [2.24, 2.45) is 0 Å². The Kier molecular flexibility index (Phi) is 2.44. The average molecular weight is 358 g/mol. The first-order chi connectivity index (χ1) is 13.8. The third kappa shape index (κ3) is 1.57. The van der Waals surface area contributed by atoms with Crippen LogP contribution in [0.15, 0.2) is 71.4 Å². The van der Waals surface area contributed by atoms with Crippen molar-refractivity contribution in [3.8, 4) is 0 Å².